The summed E-state index contributed by atoms with van der Waals surface area (Å²) in [6.45, 7) is 12.1. The van der Waals surface area contributed by atoms with Gasteiger partial charge in [-0.15, -0.1) is 0 Å². The number of nitrogens with zero attached hydrogens (tertiary/aromatic N) is 4. The van der Waals surface area contributed by atoms with Crippen LogP contribution >= 0.6 is 0 Å². The van der Waals surface area contributed by atoms with Gasteiger partial charge in [0.1, 0.15) is 11.2 Å². The summed E-state index contributed by atoms with van der Waals surface area (Å²) in [7, 11) is 0. The Morgan fingerprint density at radius 3 is 2.78 bits per heavy atom. The van der Waals surface area contributed by atoms with Crippen LogP contribution in [0.1, 0.15) is 25.8 Å². The van der Waals surface area contributed by atoms with Gasteiger partial charge in [-0.1, -0.05) is 38.3 Å². The van der Waals surface area contributed by atoms with E-state index in [1.807, 2.05) is 31.2 Å². The van der Waals surface area contributed by atoms with Crippen LogP contribution in [0.4, 0.5) is 0 Å². The van der Waals surface area contributed by atoms with Crippen LogP contribution in [0, 0.1) is 0 Å². The second-order valence-electron chi connectivity index (χ2n) is 8.35. The Balaban J connectivity index is 1.57. The van der Waals surface area contributed by atoms with E-state index in [1.165, 1.54) is 0 Å². The Morgan fingerprint density at radius 1 is 1.14 bits per heavy atom. The minimum absolute atomic E-state index is 0.670. The number of aromatic amines is 2. The Labute approximate surface area is 209 Å². The molecule has 0 spiro atoms. The average Bonchev–Trinajstić information content (AvgIpc) is 3.54. The van der Waals surface area contributed by atoms with Gasteiger partial charge < -0.3 is 10.3 Å². The number of rotatable bonds is 8. The number of allylic oxidation sites excluding steroid dienone is 5. The normalized spacial score (nSPS) is 12.3. The SMILES string of the molecule is C=C/C(=C\C(=C/C)c1ccc2[nH]nc(-c3nc4c(-c5ccccn5)cncc4[nH]3)c2c1)NC(=C)CC. The first-order valence-electron chi connectivity index (χ1n) is 11.8. The van der Waals surface area contributed by atoms with E-state index in [0.717, 1.165) is 67.8 Å². The molecule has 3 N–H and O–H groups in total. The maximum Gasteiger partial charge on any atom is 0.159 e. The van der Waals surface area contributed by atoms with Gasteiger partial charge in [0.15, 0.2) is 5.82 Å². The van der Waals surface area contributed by atoms with E-state index in [1.54, 1.807) is 24.7 Å². The summed E-state index contributed by atoms with van der Waals surface area (Å²) in [5.74, 6) is 0.670. The highest BCUT2D eigenvalue weighted by molar-refractivity contribution is 5.97. The lowest BCUT2D eigenvalue weighted by atomic mass is 10.0. The lowest BCUT2D eigenvalue weighted by molar-refractivity contribution is 0.921. The molecule has 7 nitrogen and oxygen atoms in total. The summed E-state index contributed by atoms with van der Waals surface area (Å²) in [5, 5.41) is 12.0. The maximum atomic E-state index is 4.90. The van der Waals surface area contributed by atoms with E-state index >= 15 is 0 Å². The number of fused-ring (bicyclic) bond motifs is 2. The zero-order valence-electron chi connectivity index (χ0n) is 20.3. The standard InChI is InChI=1S/C29H27N7/c1-5-18(4)32-21(7-3)14-19(6-2)20-11-12-25-22(15-20)28(36-35-25)29-33-26-17-30-16-23(27(26)34-29)24-10-8-9-13-31-24/h6-17,32H,3-5H2,1-2H3,(H,33,34)(H,35,36)/b19-6+,21-14+. The minimum atomic E-state index is 0.670. The Hall–Kier alpha value is -4.78. The predicted molar refractivity (Wildman–Crippen MR) is 147 cm³/mol. The monoisotopic (exact) mass is 473 g/mol. The summed E-state index contributed by atoms with van der Waals surface area (Å²) in [6, 6.07) is 12.0. The molecule has 4 heterocycles. The van der Waals surface area contributed by atoms with Crippen LogP contribution in [0.5, 0.6) is 0 Å². The van der Waals surface area contributed by atoms with E-state index in [2.05, 4.69) is 74.8 Å². The maximum absolute atomic E-state index is 4.90. The number of H-pyrrole nitrogens is 2. The summed E-state index contributed by atoms with van der Waals surface area (Å²) >= 11 is 0. The van der Waals surface area contributed by atoms with Crippen molar-refractivity contribution in [2.75, 3.05) is 0 Å². The molecule has 178 valence electrons. The molecule has 0 atom stereocenters. The second-order valence-corrected chi connectivity index (χ2v) is 8.35. The van der Waals surface area contributed by atoms with Crippen molar-refractivity contribution in [2.45, 2.75) is 20.3 Å². The average molecular weight is 474 g/mol. The molecular weight excluding hydrogens is 446 g/mol. The van der Waals surface area contributed by atoms with E-state index < -0.39 is 0 Å². The molecule has 0 fully saturated rings. The van der Waals surface area contributed by atoms with Crippen LogP contribution in [0.2, 0.25) is 0 Å². The summed E-state index contributed by atoms with van der Waals surface area (Å²) in [4.78, 5) is 17.1. The third kappa shape index (κ3) is 4.34. The van der Waals surface area contributed by atoms with Gasteiger partial charge in [-0.05, 0) is 60.9 Å². The first-order valence-corrected chi connectivity index (χ1v) is 11.8. The number of nitrogens with one attached hydrogen (secondary N) is 3. The molecule has 1 aromatic carbocycles. The van der Waals surface area contributed by atoms with Gasteiger partial charge in [0.05, 0.1) is 22.9 Å². The van der Waals surface area contributed by atoms with Gasteiger partial charge in [-0.3, -0.25) is 15.1 Å². The lowest BCUT2D eigenvalue weighted by Gasteiger charge is -2.10. The minimum Gasteiger partial charge on any atom is -0.359 e. The lowest BCUT2D eigenvalue weighted by Crippen LogP contribution is -2.09. The van der Waals surface area contributed by atoms with Crippen LogP contribution in [0.3, 0.4) is 0 Å². The second kappa shape index (κ2) is 9.84. The first kappa shape index (κ1) is 23.0. The molecule has 0 aliphatic carbocycles. The van der Waals surface area contributed by atoms with Gasteiger partial charge in [0.2, 0.25) is 0 Å². The molecule has 5 aromatic rings. The van der Waals surface area contributed by atoms with Crippen molar-refractivity contribution in [2.24, 2.45) is 0 Å². The Morgan fingerprint density at radius 2 is 2.03 bits per heavy atom. The Kier molecular flexibility index (Phi) is 6.28. The number of imidazole rings is 1. The van der Waals surface area contributed by atoms with Gasteiger partial charge in [-0.25, -0.2) is 4.98 Å². The molecule has 7 heteroatoms. The fourth-order valence-electron chi connectivity index (χ4n) is 4.07. The van der Waals surface area contributed by atoms with Crippen LogP contribution < -0.4 is 5.32 Å². The fraction of sp³-hybridized carbons (Fsp3) is 0.103. The fourth-order valence-corrected chi connectivity index (χ4v) is 4.07. The van der Waals surface area contributed by atoms with Gasteiger partial charge >= 0.3 is 0 Å². The zero-order valence-corrected chi connectivity index (χ0v) is 20.3. The van der Waals surface area contributed by atoms with E-state index in [9.17, 15) is 0 Å². The molecule has 0 aliphatic heterocycles. The van der Waals surface area contributed by atoms with Crippen molar-refractivity contribution in [3.63, 3.8) is 0 Å². The van der Waals surface area contributed by atoms with Gasteiger partial charge in [0.25, 0.3) is 0 Å². The van der Waals surface area contributed by atoms with E-state index in [0.29, 0.717) is 5.82 Å². The largest absolute Gasteiger partial charge is 0.359 e. The number of hydrogen-bond donors (Lipinski definition) is 3. The molecule has 0 unspecified atom stereocenters. The summed E-state index contributed by atoms with van der Waals surface area (Å²) in [6.07, 6.45) is 12.1. The van der Waals surface area contributed by atoms with Crippen molar-refractivity contribution in [3.8, 4) is 22.8 Å². The molecule has 36 heavy (non-hydrogen) atoms. The van der Waals surface area contributed by atoms with Crippen molar-refractivity contribution in [3.05, 3.63) is 103 Å². The number of benzene rings is 1. The molecule has 0 saturated heterocycles. The summed E-state index contributed by atoms with van der Waals surface area (Å²) in [5.41, 5.74) is 8.96. The van der Waals surface area contributed by atoms with Gasteiger partial charge in [0, 0.05) is 34.7 Å². The predicted octanol–water partition coefficient (Wildman–Crippen LogP) is 6.55. The highest BCUT2D eigenvalue weighted by atomic mass is 15.1. The first-order chi connectivity index (χ1) is 17.6. The van der Waals surface area contributed by atoms with Crippen LogP contribution in [-0.4, -0.2) is 30.1 Å². The van der Waals surface area contributed by atoms with E-state index in [-0.39, 0.29) is 0 Å². The van der Waals surface area contributed by atoms with Crippen molar-refractivity contribution >= 4 is 27.5 Å². The van der Waals surface area contributed by atoms with Crippen LogP contribution in [-0.2, 0) is 0 Å². The van der Waals surface area contributed by atoms with Crippen LogP contribution in [0.15, 0.2) is 97.8 Å². The number of pyridine rings is 2. The molecule has 0 bridgehead atoms. The molecule has 0 radical (unpaired) electrons. The van der Waals surface area contributed by atoms with Crippen LogP contribution in [0.25, 0.3) is 50.3 Å². The molecule has 5 rings (SSSR count). The smallest absolute Gasteiger partial charge is 0.159 e. The zero-order chi connectivity index (χ0) is 25.1. The molecule has 0 amide bonds. The molecule has 4 aromatic heterocycles. The highest BCUT2D eigenvalue weighted by Gasteiger charge is 2.16. The highest BCUT2D eigenvalue weighted by Crippen LogP contribution is 2.31. The molecule has 0 saturated carbocycles. The number of hydrogen-bond acceptors (Lipinski definition) is 5. The third-order valence-corrected chi connectivity index (χ3v) is 6.05. The van der Waals surface area contributed by atoms with E-state index in [4.69, 9.17) is 4.98 Å². The molecular formula is C29H27N7. The van der Waals surface area contributed by atoms with Crippen molar-refractivity contribution in [1.82, 2.24) is 35.5 Å². The topological polar surface area (TPSA) is 95.2 Å². The Bertz CT molecular complexity index is 1630. The van der Waals surface area contributed by atoms with Gasteiger partial charge in [-0.2, -0.15) is 5.10 Å². The van der Waals surface area contributed by atoms with Crippen molar-refractivity contribution < 1.29 is 0 Å². The number of aromatic nitrogens is 6. The summed E-state index contributed by atoms with van der Waals surface area (Å²) < 4.78 is 0. The third-order valence-electron chi connectivity index (χ3n) is 6.05. The quantitative estimate of drug-likeness (QED) is 0.222. The van der Waals surface area contributed by atoms with Crippen molar-refractivity contribution in [1.29, 1.82) is 0 Å². The molecule has 0 aliphatic rings.